The number of nitrogens with zero attached hydrogens (tertiary/aromatic N) is 1. The molecule has 1 atom stereocenters. The molecule has 0 bridgehead atoms. The van der Waals surface area contributed by atoms with Crippen molar-refractivity contribution >= 4 is 5.91 Å². The van der Waals surface area contributed by atoms with E-state index < -0.39 is 5.82 Å². The van der Waals surface area contributed by atoms with Crippen LogP contribution in [0.2, 0.25) is 0 Å². The van der Waals surface area contributed by atoms with E-state index in [1.165, 1.54) is 17.7 Å². The van der Waals surface area contributed by atoms with E-state index in [4.69, 9.17) is 9.47 Å². The van der Waals surface area contributed by atoms with Gasteiger partial charge in [0.15, 0.2) is 18.2 Å². The molecule has 1 amide bonds. The van der Waals surface area contributed by atoms with Gasteiger partial charge in [-0.3, -0.25) is 4.79 Å². The number of benzene rings is 2. The SMILES string of the molecule is COc1ccc(C2CCN(C(=O)COc3ccccc3F)C2)cc1. The second kappa shape index (κ2) is 7.34. The highest BCUT2D eigenvalue weighted by Crippen LogP contribution is 2.28. The van der Waals surface area contributed by atoms with Gasteiger partial charge in [-0.25, -0.2) is 4.39 Å². The van der Waals surface area contributed by atoms with E-state index in [1.807, 2.05) is 24.3 Å². The summed E-state index contributed by atoms with van der Waals surface area (Å²) in [6.07, 6.45) is 0.914. The van der Waals surface area contributed by atoms with Gasteiger partial charge in [-0.05, 0) is 36.2 Å². The van der Waals surface area contributed by atoms with Crippen molar-refractivity contribution in [2.24, 2.45) is 0 Å². The minimum absolute atomic E-state index is 0.108. The lowest BCUT2D eigenvalue weighted by molar-refractivity contribution is -0.132. The van der Waals surface area contributed by atoms with E-state index in [0.29, 0.717) is 19.0 Å². The van der Waals surface area contributed by atoms with Crippen LogP contribution in [0.1, 0.15) is 17.9 Å². The molecule has 1 heterocycles. The van der Waals surface area contributed by atoms with Crippen molar-refractivity contribution in [2.45, 2.75) is 12.3 Å². The summed E-state index contributed by atoms with van der Waals surface area (Å²) in [5.41, 5.74) is 1.20. The molecular formula is C19H20FNO3. The standard InChI is InChI=1S/C19H20FNO3/c1-23-16-8-6-14(7-9-16)15-10-11-21(12-15)19(22)13-24-18-5-3-2-4-17(18)20/h2-9,15H,10-13H2,1H3. The zero-order chi connectivity index (χ0) is 16.9. The van der Waals surface area contributed by atoms with Crippen molar-refractivity contribution in [3.05, 3.63) is 59.9 Å². The first-order valence-corrected chi connectivity index (χ1v) is 7.96. The molecule has 0 N–H and O–H groups in total. The summed E-state index contributed by atoms with van der Waals surface area (Å²) in [5, 5.41) is 0. The first-order valence-electron chi connectivity index (χ1n) is 7.96. The second-order valence-electron chi connectivity index (χ2n) is 5.82. The Morgan fingerprint density at radius 3 is 2.67 bits per heavy atom. The summed E-state index contributed by atoms with van der Waals surface area (Å²) >= 11 is 0. The Labute approximate surface area is 140 Å². The Hall–Kier alpha value is -2.56. The van der Waals surface area contributed by atoms with Crippen LogP contribution in [0.4, 0.5) is 4.39 Å². The number of ether oxygens (including phenoxy) is 2. The third-order valence-corrected chi connectivity index (χ3v) is 4.32. The molecular weight excluding hydrogens is 309 g/mol. The topological polar surface area (TPSA) is 38.8 Å². The van der Waals surface area contributed by atoms with Gasteiger partial charge in [-0.15, -0.1) is 0 Å². The molecule has 0 saturated carbocycles. The summed E-state index contributed by atoms with van der Waals surface area (Å²) in [7, 11) is 1.64. The van der Waals surface area contributed by atoms with Gasteiger partial charge >= 0.3 is 0 Å². The van der Waals surface area contributed by atoms with Crippen molar-refractivity contribution in [3.8, 4) is 11.5 Å². The molecule has 126 valence electrons. The molecule has 1 saturated heterocycles. The third kappa shape index (κ3) is 3.67. The fraction of sp³-hybridized carbons (Fsp3) is 0.316. The van der Waals surface area contributed by atoms with Crippen LogP contribution in [0.5, 0.6) is 11.5 Å². The van der Waals surface area contributed by atoms with E-state index in [-0.39, 0.29) is 18.3 Å². The Balaban J connectivity index is 1.54. The Bertz CT molecular complexity index is 702. The van der Waals surface area contributed by atoms with Gasteiger partial charge in [-0.1, -0.05) is 24.3 Å². The molecule has 1 unspecified atom stereocenters. The van der Waals surface area contributed by atoms with Crippen molar-refractivity contribution < 1.29 is 18.7 Å². The highest BCUT2D eigenvalue weighted by molar-refractivity contribution is 5.78. The molecule has 5 heteroatoms. The minimum atomic E-state index is -0.456. The maximum atomic E-state index is 13.5. The van der Waals surface area contributed by atoms with E-state index in [1.54, 1.807) is 24.1 Å². The van der Waals surface area contributed by atoms with Gasteiger partial charge in [0.1, 0.15) is 5.75 Å². The average Bonchev–Trinajstić information content (AvgIpc) is 3.11. The van der Waals surface area contributed by atoms with Crippen molar-refractivity contribution in [1.29, 1.82) is 0 Å². The molecule has 4 nitrogen and oxygen atoms in total. The lowest BCUT2D eigenvalue weighted by atomic mass is 9.98. The molecule has 2 aromatic rings. The van der Waals surface area contributed by atoms with Gasteiger partial charge in [0.2, 0.25) is 0 Å². The number of carbonyl (C=O) groups excluding carboxylic acids is 1. The summed E-state index contributed by atoms with van der Waals surface area (Å²) in [4.78, 5) is 14.0. The number of halogens is 1. The van der Waals surface area contributed by atoms with Crippen molar-refractivity contribution in [1.82, 2.24) is 4.90 Å². The summed E-state index contributed by atoms with van der Waals surface area (Å²) in [6, 6.07) is 14.0. The molecule has 0 aliphatic carbocycles. The highest BCUT2D eigenvalue weighted by Gasteiger charge is 2.27. The predicted octanol–water partition coefficient (Wildman–Crippen LogP) is 3.23. The highest BCUT2D eigenvalue weighted by atomic mass is 19.1. The smallest absolute Gasteiger partial charge is 0.260 e. The predicted molar refractivity (Wildman–Crippen MR) is 88.8 cm³/mol. The number of likely N-dealkylation sites (tertiary alicyclic amines) is 1. The minimum Gasteiger partial charge on any atom is -0.497 e. The summed E-state index contributed by atoms with van der Waals surface area (Å²) in [5.74, 6) is 0.671. The van der Waals surface area contributed by atoms with Crippen LogP contribution in [0.25, 0.3) is 0 Å². The van der Waals surface area contributed by atoms with Crippen LogP contribution in [-0.2, 0) is 4.79 Å². The molecule has 3 rings (SSSR count). The zero-order valence-corrected chi connectivity index (χ0v) is 13.6. The van der Waals surface area contributed by atoms with Gasteiger partial charge in [0.25, 0.3) is 5.91 Å². The first kappa shape index (κ1) is 16.3. The summed E-state index contributed by atoms with van der Waals surface area (Å²) < 4.78 is 24.0. The zero-order valence-electron chi connectivity index (χ0n) is 13.6. The molecule has 2 aromatic carbocycles. The number of hydrogen-bond acceptors (Lipinski definition) is 3. The van der Waals surface area contributed by atoms with Crippen LogP contribution < -0.4 is 9.47 Å². The number of methoxy groups -OCH3 is 1. The number of para-hydroxylation sites is 1. The number of hydrogen-bond donors (Lipinski definition) is 0. The van der Waals surface area contributed by atoms with Crippen LogP contribution in [-0.4, -0.2) is 37.6 Å². The molecule has 1 aliphatic rings. The van der Waals surface area contributed by atoms with Crippen molar-refractivity contribution in [3.63, 3.8) is 0 Å². The van der Waals surface area contributed by atoms with E-state index in [0.717, 1.165) is 12.2 Å². The van der Waals surface area contributed by atoms with Crippen molar-refractivity contribution in [2.75, 3.05) is 26.8 Å². The quantitative estimate of drug-likeness (QED) is 0.845. The van der Waals surface area contributed by atoms with Crippen LogP contribution in [0.3, 0.4) is 0 Å². The Morgan fingerprint density at radius 2 is 1.96 bits per heavy atom. The van der Waals surface area contributed by atoms with Gasteiger partial charge in [0.05, 0.1) is 7.11 Å². The molecule has 1 aliphatic heterocycles. The van der Waals surface area contributed by atoms with E-state index in [2.05, 4.69) is 0 Å². The molecule has 1 fully saturated rings. The second-order valence-corrected chi connectivity index (χ2v) is 5.82. The number of amides is 1. The molecule has 0 radical (unpaired) electrons. The van der Waals surface area contributed by atoms with E-state index >= 15 is 0 Å². The number of carbonyl (C=O) groups is 1. The normalized spacial score (nSPS) is 16.9. The maximum absolute atomic E-state index is 13.5. The molecule has 0 spiro atoms. The average molecular weight is 329 g/mol. The fourth-order valence-electron chi connectivity index (χ4n) is 2.93. The lowest BCUT2D eigenvalue weighted by Gasteiger charge is -2.17. The Morgan fingerprint density at radius 1 is 1.21 bits per heavy atom. The Kier molecular flexibility index (Phi) is 4.99. The summed E-state index contributed by atoms with van der Waals surface area (Å²) in [6.45, 7) is 1.21. The maximum Gasteiger partial charge on any atom is 0.260 e. The van der Waals surface area contributed by atoms with E-state index in [9.17, 15) is 9.18 Å². The molecule has 0 aromatic heterocycles. The van der Waals surface area contributed by atoms with Crippen LogP contribution in [0.15, 0.2) is 48.5 Å². The van der Waals surface area contributed by atoms with Gasteiger partial charge in [0, 0.05) is 19.0 Å². The third-order valence-electron chi connectivity index (χ3n) is 4.32. The lowest BCUT2D eigenvalue weighted by Crippen LogP contribution is -2.33. The van der Waals surface area contributed by atoms with Gasteiger partial charge < -0.3 is 14.4 Å². The van der Waals surface area contributed by atoms with Crippen LogP contribution >= 0.6 is 0 Å². The first-order chi connectivity index (χ1) is 11.7. The number of rotatable bonds is 5. The largest absolute Gasteiger partial charge is 0.497 e. The van der Waals surface area contributed by atoms with Gasteiger partial charge in [-0.2, -0.15) is 0 Å². The monoisotopic (exact) mass is 329 g/mol. The fourth-order valence-corrected chi connectivity index (χ4v) is 2.93. The van der Waals surface area contributed by atoms with Crippen LogP contribution in [0, 0.1) is 5.82 Å². The molecule has 24 heavy (non-hydrogen) atoms.